The number of hydrogen-bond acceptors (Lipinski definition) is 11. The van der Waals surface area contributed by atoms with Gasteiger partial charge in [-0.1, -0.05) is 0 Å². The van der Waals surface area contributed by atoms with E-state index in [9.17, 15) is 29.0 Å². The van der Waals surface area contributed by atoms with Gasteiger partial charge in [-0.25, -0.2) is 13.9 Å². The van der Waals surface area contributed by atoms with Crippen molar-refractivity contribution in [2.45, 2.75) is 26.9 Å². The average molecular weight is 472 g/mol. The maximum absolute atomic E-state index is 12.6. The Bertz CT molecular complexity index is 773. The highest BCUT2D eigenvalue weighted by Gasteiger charge is 2.33. The van der Waals surface area contributed by atoms with Gasteiger partial charge in [0.15, 0.2) is 0 Å². The molecular weight excluding hydrogens is 446 g/mol. The molecule has 1 rings (SSSR count). The standard InChI is InChI=1S/C16H26O12P2/c1-4-24-29(20,21)27-11-13(28-30(22,25-5-2)26-6-3)10-23-16(19)14-8-7-12(17)9-15(14)18/h7-9,13,17-18H,4-6,10-11H2,1-3H3,(H,20,21). The fraction of sp³-hybridized carbons (Fsp3) is 0.562. The van der Waals surface area contributed by atoms with E-state index in [1.54, 1.807) is 13.8 Å². The number of phenols is 2. The fourth-order valence-electron chi connectivity index (χ4n) is 2.02. The molecule has 30 heavy (non-hydrogen) atoms. The molecule has 0 spiro atoms. The lowest BCUT2D eigenvalue weighted by Crippen LogP contribution is -2.27. The van der Waals surface area contributed by atoms with Gasteiger partial charge in [-0.3, -0.25) is 22.6 Å². The minimum Gasteiger partial charge on any atom is -0.508 e. The Hall–Kier alpha value is -1.49. The summed E-state index contributed by atoms with van der Waals surface area (Å²) in [5, 5.41) is 19.0. The van der Waals surface area contributed by atoms with Gasteiger partial charge in [0.1, 0.15) is 29.8 Å². The Morgan fingerprint density at radius 1 is 0.967 bits per heavy atom. The van der Waals surface area contributed by atoms with Gasteiger partial charge in [0.2, 0.25) is 0 Å². The predicted molar refractivity (Wildman–Crippen MR) is 103 cm³/mol. The number of phenolic OH excluding ortho intramolecular Hbond substituents is 2. The van der Waals surface area contributed by atoms with E-state index in [0.29, 0.717) is 0 Å². The summed E-state index contributed by atoms with van der Waals surface area (Å²) < 4.78 is 53.9. The van der Waals surface area contributed by atoms with Crippen LogP contribution in [0.5, 0.6) is 11.5 Å². The second kappa shape index (κ2) is 12.4. The Morgan fingerprint density at radius 3 is 2.10 bits per heavy atom. The number of phosphoric ester groups is 2. The van der Waals surface area contributed by atoms with Crippen LogP contribution in [0.2, 0.25) is 0 Å². The number of rotatable bonds is 14. The van der Waals surface area contributed by atoms with Gasteiger partial charge < -0.3 is 19.8 Å². The first-order valence-electron chi connectivity index (χ1n) is 8.94. The van der Waals surface area contributed by atoms with Crippen molar-refractivity contribution in [2.24, 2.45) is 0 Å². The second-order valence-electron chi connectivity index (χ2n) is 5.49. The highest BCUT2D eigenvalue weighted by molar-refractivity contribution is 7.48. The SMILES string of the molecule is CCOP(=O)(O)OCC(COC(=O)c1ccc(O)cc1O)OP(=O)(OCC)OCC. The summed E-state index contributed by atoms with van der Waals surface area (Å²) in [5.74, 6) is -1.79. The van der Waals surface area contributed by atoms with Crippen LogP contribution in [0, 0.1) is 0 Å². The van der Waals surface area contributed by atoms with Gasteiger partial charge in [-0.2, -0.15) is 0 Å². The molecule has 1 aromatic carbocycles. The van der Waals surface area contributed by atoms with E-state index < -0.39 is 46.7 Å². The Labute approximate surface area is 173 Å². The van der Waals surface area contributed by atoms with Crippen molar-refractivity contribution >= 4 is 21.6 Å². The van der Waals surface area contributed by atoms with Gasteiger partial charge in [0, 0.05) is 6.07 Å². The second-order valence-corrected chi connectivity index (χ2v) is 8.57. The number of ether oxygens (including phenoxy) is 1. The molecule has 0 aliphatic carbocycles. The third kappa shape index (κ3) is 9.11. The molecular formula is C16H26O12P2. The van der Waals surface area contributed by atoms with Crippen LogP contribution in [0.25, 0.3) is 0 Å². The minimum absolute atomic E-state index is 0.0243. The first-order chi connectivity index (χ1) is 14.1. The number of aromatic hydroxyl groups is 2. The van der Waals surface area contributed by atoms with E-state index >= 15 is 0 Å². The highest BCUT2D eigenvalue weighted by Crippen LogP contribution is 2.51. The molecule has 0 amide bonds. The van der Waals surface area contributed by atoms with Crippen molar-refractivity contribution in [1.29, 1.82) is 0 Å². The van der Waals surface area contributed by atoms with E-state index in [4.69, 9.17) is 22.8 Å². The lowest BCUT2D eigenvalue weighted by molar-refractivity contribution is -0.00227. The molecule has 14 heteroatoms. The molecule has 172 valence electrons. The van der Waals surface area contributed by atoms with Crippen LogP contribution in [0.3, 0.4) is 0 Å². The fourth-order valence-corrected chi connectivity index (χ4v) is 4.09. The largest absolute Gasteiger partial charge is 0.508 e. The van der Waals surface area contributed by atoms with E-state index in [1.165, 1.54) is 6.92 Å². The number of phosphoric acid groups is 2. The predicted octanol–water partition coefficient (Wildman–Crippen LogP) is 2.97. The maximum atomic E-state index is 12.6. The molecule has 0 radical (unpaired) electrons. The zero-order chi connectivity index (χ0) is 22.8. The van der Waals surface area contributed by atoms with Gasteiger partial charge in [0.25, 0.3) is 0 Å². The highest BCUT2D eigenvalue weighted by atomic mass is 31.2. The summed E-state index contributed by atoms with van der Waals surface area (Å²) in [4.78, 5) is 21.7. The first kappa shape index (κ1) is 26.5. The lowest BCUT2D eigenvalue weighted by atomic mass is 10.2. The average Bonchev–Trinajstić information content (AvgIpc) is 2.64. The zero-order valence-corrected chi connectivity index (χ0v) is 18.5. The summed E-state index contributed by atoms with van der Waals surface area (Å²) in [7, 11) is -8.51. The smallest absolute Gasteiger partial charge is 0.475 e. The zero-order valence-electron chi connectivity index (χ0n) is 16.8. The quantitative estimate of drug-likeness (QED) is 0.268. The molecule has 1 aromatic rings. The van der Waals surface area contributed by atoms with E-state index in [0.717, 1.165) is 18.2 Å². The van der Waals surface area contributed by atoms with Crippen LogP contribution in [0.4, 0.5) is 0 Å². The van der Waals surface area contributed by atoms with Crippen LogP contribution < -0.4 is 0 Å². The van der Waals surface area contributed by atoms with E-state index in [1.807, 2.05) is 0 Å². The summed E-state index contributed by atoms with van der Waals surface area (Å²) in [6.45, 7) is 3.15. The van der Waals surface area contributed by atoms with Crippen molar-refractivity contribution in [3.63, 3.8) is 0 Å². The van der Waals surface area contributed by atoms with Crippen molar-refractivity contribution in [2.75, 3.05) is 33.0 Å². The van der Waals surface area contributed by atoms with Crippen LogP contribution in [-0.4, -0.2) is 60.2 Å². The van der Waals surface area contributed by atoms with E-state index in [-0.39, 0.29) is 31.1 Å². The van der Waals surface area contributed by atoms with Crippen LogP contribution in [-0.2, 0) is 36.5 Å². The molecule has 2 atom stereocenters. The molecule has 0 fully saturated rings. The summed E-state index contributed by atoms with van der Waals surface area (Å²) in [5.41, 5.74) is -0.257. The number of benzene rings is 1. The summed E-state index contributed by atoms with van der Waals surface area (Å²) in [6, 6.07) is 3.23. The Morgan fingerprint density at radius 2 is 1.57 bits per heavy atom. The third-order valence-corrected chi connectivity index (χ3v) is 5.94. The van der Waals surface area contributed by atoms with Crippen LogP contribution in [0.1, 0.15) is 31.1 Å². The molecule has 3 N–H and O–H groups in total. The molecule has 12 nitrogen and oxygen atoms in total. The molecule has 0 aromatic heterocycles. The van der Waals surface area contributed by atoms with Crippen molar-refractivity contribution < 1.29 is 56.4 Å². The maximum Gasteiger partial charge on any atom is 0.475 e. The number of hydrogen-bond donors (Lipinski definition) is 3. The Balaban J connectivity index is 2.91. The first-order valence-corrected chi connectivity index (χ1v) is 11.9. The van der Waals surface area contributed by atoms with Gasteiger partial charge in [-0.15, -0.1) is 0 Å². The Kier molecular flexibility index (Phi) is 11.0. The number of carbonyl (C=O) groups is 1. The monoisotopic (exact) mass is 472 g/mol. The topological polar surface area (TPSA) is 167 Å². The molecule has 0 aliphatic heterocycles. The molecule has 2 unspecified atom stereocenters. The summed E-state index contributed by atoms with van der Waals surface area (Å²) in [6.07, 6.45) is -1.35. The van der Waals surface area contributed by atoms with Crippen LogP contribution >= 0.6 is 15.6 Å². The normalized spacial score (nSPS) is 14.8. The van der Waals surface area contributed by atoms with Gasteiger partial charge in [0.05, 0.1) is 26.4 Å². The minimum atomic E-state index is -4.42. The molecule has 0 saturated carbocycles. The van der Waals surface area contributed by atoms with Crippen molar-refractivity contribution in [3.05, 3.63) is 23.8 Å². The van der Waals surface area contributed by atoms with Crippen molar-refractivity contribution in [1.82, 2.24) is 0 Å². The molecule has 0 aliphatic rings. The lowest BCUT2D eigenvalue weighted by Gasteiger charge is -2.23. The molecule has 0 saturated heterocycles. The number of esters is 1. The van der Waals surface area contributed by atoms with Crippen molar-refractivity contribution in [3.8, 4) is 11.5 Å². The molecule has 0 bridgehead atoms. The van der Waals surface area contributed by atoms with Crippen LogP contribution in [0.15, 0.2) is 18.2 Å². The van der Waals surface area contributed by atoms with Gasteiger partial charge in [-0.05, 0) is 32.9 Å². The third-order valence-electron chi connectivity index (χ3n) is 3.17. The molecule has 0 heterocycles. The van der Waals surface area contributed by atoms with Gasteiger partial charge >= 0.3 is 21.6 Å². The summed E-state index contributed by atoms with van der Waals surface area (Å²) >= 11 is 0. The number of carbonyl (C=O) groups excluding carboxylic acids is 1. The van der Waals surface area contributed by atoms with E-state index in [2.05, 4.69) is 4.52 Å².